The Labute approximate surface area is 103 Å². The number of ether oxygens (including phenoxy) is 2. The first kappa shape index (κ1) is 14.5. The highest BCUT2D eigenvalue weighted by Gasteiger charge is 2.43. The molecule has 3 unspecified atom stereocenters. The van der Waals surface area contributed by atoms with Gasteiger partial charge in [0.2, 0.25) is 0 Å². The van der Waals surface area contributed by atoms with Crippen LogP contribution < -0.4 is 0 Å². The van der Waals surface area contributed by atoms with Gasteiger partial charge in [0, 0.05) is 12.5 Å². The molecule has 0 saturated carbocycles. The maximum Gasteiger partial charge on any atom is 0.338 e. The van der Waals surface area contributed by atoms with Crippen molar-refractivity contribution >= 4 is 5.97 Å². The Kier molecular flexibility index (Phi) is 5.40. The second-order valence-corrected chi connectivity index (χ2v) is 4.87. The molecule has 1 heterocycles. The summed E-state index contributed by atoms with van der Waals surface area (Å²) in [6, 6.07) is 0. The maximum atomic E-state index is 11.7. The summed E-state index contributed by atoms with van der Waals surface area (Å²) in [6.45, 7) is 6.33. The minimum atomic E-state index is -1.38. The van der Waals surface area contributed by atoms with Crippen LogP contribution in [0.1, 0.15) is 46.5 Å². The highest BCUT2D eigenvalue weighted by Crippen LogP contribution is 2.32. The smallest absolute Gasteiger partial charge is 0.338 e. The molecule has 1 saturated heterocycles. The van der Waals surface area contributed by atoms with E-state index in [1.54, 1.807) is 13.8 Å². The fourth-order valence-corrected chi connectivity index (χ4v) is 2.36. The van der Waals surface area contributed by atoms with Crippen molar-refractivity contribution in [1.82, 2.24) is 0 Å². The lowest BCUT2D eigenvalue weighted by molar-refractivity contribution is -0.175. The third kappa shape index (κ3) is 3.68. The molecule has 0 aromatic carbocycles. The lowest BCUT2D eigenvalue weighted by Gasteiger charge is -2.37. The van der Waals surface area contributed by atoms with E-state index in [2.05, 4.69) is 6.92 Å². The molecule has 1 N–H and O–H groups in total. The van der Waals surface area contributed by atoms with E-state index in [0.29, 0.717) is 19.6 Å². The Bertz CT molecular complexity index is 248. The quantitative estimate of drug-likeness (QED) is 0.750. The van der Waals surface area contributed by atoms with Crippen LogP contribution in [-0.4, -0.2) is 36.0 Å². The van der Waals surface area contributed by atoms with Crippen molar-refractivity contribution in [2.45, 2.75) is 58.2 Å². The number of rotatable bonds is 5. The summed E-state index contributed by atoms with van der Waals surface area (Å²) in [5, 5.41) is 10.3. The predicted molar refractivity (Wildman–Crippen MR) is 64.6 cm³/mol. The van der Waals surface area contributed by atoms with E-state index >= 15 is 0 Å². The molecule has 1 aliphatic heterocycles. The second kappa shape index (κ2) is 6.36. The highest BCUT2D eigenvalue weighted by molar-refractivity contribution is 5.79. The van der Waals surface area contributed by atoms with E-state index in [9.17, 15) is 9.90 Å². The molecule has 17 heavy (non-hydrogen) atoms. The van der Waals surface area contributed by atoms with Crippen LogP contribution in [0.4, 0.5) is 0 Å². The van der Waals surface area contributed by atoms with Gasteiger partial charge in [-0.25, -0.2) is 4.79 Å². The van der Waals surface area contributed by atoms with Crippen molar-refractivity contribution in [2.24, 2.45) is 5.92 Å². The van der Waals surface area contributed by atoms with Gasteiger partial charge in [-0.15, -0.1) is 0 Å². The third-order valence-corrected chi connectivity index (χ3v) is 3.46. The first-order chi connectivity index (χ1) is 8.02. The number of hydrogen-bond donors (Lipinski definition) is 1. The van der Waals surface area contributed by atoms with Crippen LogP contribution in [0.3, 0.4) is 0 Å². The van der Waals surface area contributed by atoms with Gasteiger partial charge in [-0.2, -0.15) is 0 Å². The molecule has 1 aliphatic rings. The van der Waals surface area contributed by atoms with E-state index in [4.69, 9.17) is 9.47 Å². The standard InChI is InChI=1S/C13H24O4/c1-4-6-11-9-10(7-8-17-11)13(3,15)12(14)16-5-2/h10-11,15H,4-9H2,1-3H3. The van der Waals surface area contributed by atoms with Crippen LogP contribution in [-0.2, 0) is 14.3 Å². The van der Waals surface area contributed by atoms with Crippen LogP contribution in [0, 0.1) is 5.92 Å². The van der Waals surface area contributed by atoms with Crippen molar-refractivity contribution in [3.63, 3.8) is 0 Å². The highest BCUT2D eigenvalue weighted by atomic mass is 16.5. The topological polar surface area (TPSA) is 55.8 Å². The van der Waals surface area contributed by atoms with E-state index in [-0.39, 0.29) is 12.0 Å². The molecule has 0 radical (unpaired) electrons. The average molecular weight is 244 g/mol. The summed E-state index contributed by atoms with van der Waals surface area (Å²) < 4.78 is 10.5. The molecular weight excluding hydrogens is 220 g/mol. The molecule has 0 amide bonds. The van der Waals surface area contributed by atoms with Crippen LogP contribution in [0.2, 0.25) is 0 Å². The van der Waals surface area contributed by atoms with Crippen molar-refractivity contribution in [1.29, 1.82) is 0 Å². The number of aliphatic hydroxyl groups is 1. The van der Waals surface area contributed by atoms with Gasteiger partial charge in [-0.1, -0.05) is 13.3 Å². The lowest BCUT2D eigenvalue weighted by atomic mass is 9.80. The summed E-state index contributed by atoms with van der Waals surface area (Å²) in [5.74, 6) is -0.575. The monoisotopic (exact) mass is 244 g/mol. The Morgan fingerprint density at radius 3 is 2.82 bits per heavy atom. The molecule has 0 bridgehead atoms. The Morgan fingerprint density at radius 2 is 2.24 bits per heavy atom. The zero-order valence-corrected chi connectivity index (χ0v) is 11.1. The second-order valence-electron chi connectivity index (χ2n) is 4.87. The van der Waals surface area contributed by atoms with E-state index in [0.717, 1.165) is 19.3 Å². The van der Waals surface area contributed by atoms with Crippen LogP contribution in [0.5, 0.6) is 0 Å². The fraction of sp³-hybridized carbons (Fsp3) is 0.923. The molecule has 0 aromatic rings. The van der Waals surface area contributed by atoms with Gasteiger partial charge < -0.3 is 14.6 Å². The van der Waals surface area contributed by atoms with Crippen molar-refractivity contribution < 1.29 is 19.4 Å². The van der Waals surface area contributed by atoms with Crippen LogP contribution in [0.25, 0.3) is 0 Å². The zero-order valence-electron chi connectivity index (χ0n) is 11.1. The van der Waals surface area contributed by atoms with E-state index in [1.165, 1.54) is 0 Å². The minimum Gasteiger partial charge on any atom is -0.464 e. The van der Waals surface area contributed by atoms with Crippen molar-refractivity contribution in [3.05, 3.63) is 0 Å². The molecule has 100 valence electrons. The lowest BCUT2D eigenvalue weighted by Crippen LogP contribution is -2.47. The first-order valence-electron chi connectivity index (χ1n) is 6.53. The summed E-state index contributed by atoms with van der Waals surface area (Å²) in [6.07, 6.45) is 3.65. The molecule has 0 aromatic heterocycles. The van der Waals surface area contributed by atoms with Crippen molar-refractivity contribution in [2.75, 3.05) is 13.2 Å². The third-order valence-electron chi connectivity index (χ3n) is 3.46. The van der Waals surface area contributed by atoms with E-state index < -0.39 is 11.6 Å². The van der Waals surface area contributed by atoms with Crippen LogP contribution >= 0.6 is 0 Å². The first-order valence-corrected chi connectivity index (χ1v) is 6.53. The molecule has 3 atom stereocenters. The zero-order chi connectivity index (χ0) is 12.9. The fourth-order valence-electron chi connectivity index (χ4n) is 2.36. The van der Waals surface area contributed by atoms with Crippen LogP contribution in [0.15, 0.2) is 0 Å². The summed E-state index contributed by atoms with van der Waals surface area (Å²) in [5.41, 5.74) is -1.38. The van der Waals surface area contributed by atoms with Gasteiger partial charge in [0.1, 0.15) is 0 Å². The summed E-state index contributed by atoms with van der Waals surface area (Å²) >= 11 is 0. The van der Waals surface area contributed by atoms with Gasteiger partial charge in [-0.05, 0) is 33.1 Å². The number of esters is 1. The maximum absolute atomic E-state index is 11.7. The van der Waals surface area contributed by atoms with Gasteiger partial charge in [0.25, 0.3) is 0 Å². The Morgan fingerprint density at radius 1 is 1.53 bits per heavy atom. The average Bonchev–Trinajstić information content (AvgIpc) is 2.30. The van der Waals surface area contributed by atoms with Gasteiger partial charge in [0.15, 0.2) is 5.60 Å². The van der Waals surface area contributed by atoms with Gasteiger partial charge >= 0.3 is 5.97 Å². The Balaban J connectivity index is 2.60. The summed E-state index contributed by atoms with van der Waals surface area (Å²) in [7, 11) is 0. The molecular formula is C13H24O4. The molecule has 4 heteroatoms. The van der Waals surface area contributed by atoms with E-state index in [1.807, 2.05) is 0 Å². The van der Waals surface area contributed by atoms with Crippen molar-refractivity contribution in [3.8, 4) is 0 Å². The molecule has 1 rings (SSSR count). The number of hydrogen-bond acceptors (Lipinski definition) is 4. The minimum absolute atomic E-state index is 0.0631. The van der Waals surface area contributed by atoms with Gasteiger partial charge in [0.05, 0.1) is 12.7 Å². The molecule has 4 nitrogen and oxygen atoms in total. The summed E-state index contributed by atoms with van der Waals surface area (Å²) in [4.78, 5) is 11.7. The Hall–Kier alpha value is -0.610. The predicted octanol–water partition coefficient (Wildman–Crippen LogP) is 1.90. The number of carbonyl (C=O) groups excluding carboxylic acids is 1. The van der Waals surface area contributed by atoms with Gasteiger partial charge in [-0.3, -0.25) is 0 Å². The molecule has 0 spiro atoms. The molecule has 1 fully saturated rings. The normalized spacial score (nSPS) is 28.5. The number of carbonyl (C=O) groups is 1. The largest absolute Gasteiger partial charge is 0.464 e. The molecule has 0 aliphatic carbocycles. The SMILES string of the molecule is CCCC1CC(C(C)(O)C(=O)OCC)CCO1.